The molecule has 1 fully saturated rings. The second-order valence-electron chi connectivity index (χ2n) is 5.80. The molecule has 4 nitrogen and oxygen atoms in total. The third-order valence-electron chi connectivity index (χ3n) is 4.03. The number of nitrogens with zero attached hydrogens (tertiary/aromatic N) is 4. The van der Waals surface area contributed by atoms with E-state index in [0.29, 0.717) is 22.9 Å². The Hall–Kier alpha value is -0.690. The first-order valence-electron chi connectivity index (χ1n) is 7.33. The minimum atomic E-state index is 0.319. The van der Waals surface area contributed by atoms with Gasteiger partial charge in [-0.3, -0.25) is 0 Å². The molecule has 0 radical (unpaired) electrons. The van der Waals surface area contributed by atoms with Crippen LogP contribution in [0.4, 0.5) is 0 Å². The molecule has 1 aliphatic rings. The number of hydrogen-bond acceptors (Lipinski definition) is 3. The Balaban J connectivity index is 2.09. The zero-order valence-corrected chi connectivity index (χ0v) is 15.1. The maximum Gasteiger partial charge on any atom is 0.179 e. The second-order valence-corrected chi connectivity index (χ2v) is 7.24. The van der Waals surface area contributed by atoms with E-state index >= 15 is 0 Å². The van der Waals surface area contributed by atoms with Crippen molar-refractivity contribution in [3.8, 4) is 11.5 Å². The summed E-state index contributed by atoms with van der Waals surface area (Å²) in [7, 11) is 0. The highest BCUT2D eigenvalue weighted by atomic mass is 127. The number of aromatic nitrogens is 4. The van der Waals surface area contributed by atoms with Gasteiger partial charge in [0.05, 0.1) is 21.8 Å². The average Bonchev–Trinajstić information content (AvgIpc) is 3.11. The minimum absolute atomic E-state index is 0.319. The summed E-state index contributed by atoms with van der Waals surface area (Å²) in [4.78, 5) is 13.6. The van der Waals surface area contributed by atoms with E-state index in [4.69, 9.17) is 16.6 Å². The van der Waals surface area contributed by atoms with Crippen LogP contribution in [0.5, 0.6) is 0 Å². The highest BCUT2D eigenvalue weighted by molar-refractivity contribution is 14.1. The molecular formula is C15H18ClIN4. The van der Waals surface area contributed by atoms with Gasteiger partial charge in [0.25, 0.3) is 0 Å². The van der Waals surface area contributed by atoms with Crippen LogP contribution in [0.25, 0.3) is 11.5 Å². The fourth-order valence-electron chi connectivity index (χ4n) is 2.91. The van der Waals surface area contributed by atoms with Gasteiger partial charge in [-0.2, -0.15) is 0 Å². The first kappa shape index (κ1) is 15.2. The molecule has 0 spiro atoms. The van der Waals surface area contributed by atoms with Gasteiger partial charge < -0.3 is 4.57 Å². The molecule has 6 heteroatoms. The summed E-state index contributed by atoms with van der Waals surface area (Å²) in [5.74, 6) is 1.21. The lowest BCUT2D eigenvalue weighted by Crippen LogP contribution is -2.08. The van der Waals surface area contributed by atoms with Crippen LogP contribution in [0.3, 0.4) is 0 Å². The van der Waals surface area contributed by atoms with E-state index in [2.05, 4.69) is 51.0 Å². The number of hydrogen-bond donors (Lipinski definition) is 0. The van der Waals surface area contributed by atoms with Crippen LogP contribution in [-0.2, 0) is 0 Å². The SMILES string of the molecule is CC(C)n1cncc1-c1nc(Cl)c(I)c(C2CCCC2)n1. The quantitative estimate of drug-likeness (QED) is 0.531. The molecule has 21 heavy (non-hydrogen) atoms. The van der Waals surface area contributed by atoms with Crippen LogP contribution in [0.1, 0.15) is 57.2 Å². The fourth-order valence-corrected chi connectivity index (χ4v) is 3.77. The van der Waals surface area contributed by atoms with Crippen molar-refractivity contribution >= 4 is 34.2 Å². The van der Waals surface area contributed by atoms with Gasteiger partial charge in [-0.05, 0) is 49.3 Å². The van der Waals surface area contributed by atoms with Crippen molar-refractivity contribution < 1.29 is 0 Å². The maximum atomic E-state index is 6.36. The van der Waals surface area contributed by atoms with Crippen LogP contribution < -0.4 is 0 Å². The smallest absolute Gasteiger partial charge is 0.179 e. The molecule has 0 N–H and O–H groups in total. The summed E-state index contributed by atoms with van der Waals surface area (Å²) in [6, 6.07) is 0.319. The predicted octanol–water partition coefficient (Wildman–Crippen LogP) is 4.84. The fraction of sp³-hybridized carbons (Fsp3) is 0.533. The van der Waals surface area contributed by atoms with E-state index in [0.717, 1.165) is 15.0 Å². The second kappa shape index (κ2) is 6.20. The highest BCUT2D eigenvalue weighted by Gasteiger charge is 2.24. The lowest BCUT2D eigenvalue weighted by molar-refractivity contribution is 0.602. The Morgan fingerprint density at radius 3 is 2.67 bits per heavy atom. The van der Waals surface area contributed by atoms with Crippen LogP contribution >= 0.6 is 34.2 Å². The van der Waals surface area contributed by atoms with Crippen LogP contribution in [0, 0.1) is 3.57 Å². The zero-order chi connectivity index (χ0) is 15.0. The summed E-state index contributed by atoms with van der Waals surface area (Å²) in [6.07, 6.45) is 8.60. The van der Waals surface area contributed by atoms with E-state index in [1.165, 1.54) is 25.7 Å². The van der Waals surface area contributed by atoms with Gasteiger partial charge in [0.2, 0.25) is 0 Å². The highest BCUT2D eigenvalue weighted by Crippen LogP contribution is 2.37. The lowest BCUT2D eigenvalue weighted by Gasteiger charge is -2.15. The predicted molar refractivity (Wildman–Crippen MR) is 92.6 cm³/mol. The molecule has 1 saturated carbocycles. The monoisotopic (exact) mass is 416 g/mol. The van der Waals surface area contributed by atoms with Gasteiger partial charge in [-0.15, -0.1) is 0 Å². The topological polar surface area (TPSA) is 43.6 Å². The molecule has 0 unspecified atom stereocenters. The largest absolute Gasteiger partial charge is 0.325 e. The Kier molecular flexibility index (Phi) is 4.49. The first-order valence-corrected chi connectivity index (χ1v) is 8.78. The molecule has 112 valence electrons. The molecular weight excluding hydrogens is 399 g/mol. The average molecular weight is 417 g/mol. The summed E-state index contributed by atoms with van der Waals surface area (Å²) < 4.78 is 3.08. The molecule has 0 atom stereocenters. The summed E-state index contributed by atoms with van der Waals surface area (Å²) in [5.41, 5.74) is 2.04. The Bertz CT molecular complexity index is 647. The van der Waals surface area contributed by atoms with Gasteiger partial charge in [-0.1, -0.05) is 24.4 Å². The van der Waals surface area contributed by atoms with Crippen molar-refractivity contribution in [3.05, 3.63) is 26.9 Å². The maximum absolute atomic E-state index is 6.36. The first-order chi connectivity index (χ1) is 10.1. The van der Waals surface area contributed by atoms with Crippen molar-refractivity contribution in [1.29, 1.82) is 0 Å². The van der Waals surface area contributed by atoms with E-state index in [9.17, 15) is 0 Å². The summed E-state index contributed by atoms with van der Waals surface area (Å²) in [6.45, 7) is 4.24. The standard InChI is InChI=1S/C15H18ClIN4/c1-9(2)21-8-18-7-11(21)15-19-13(10-5-3-4-6-10)12(17)14(16)20-15/h7-10H,3-6H2,1-2H3. The van der Waals surface area contributed by atoms with Crippen LogP contribution in [0.15, 0.2) is 12.5 Å². The third kappa shape index (κ3) is 2.95. The summed E-state index contributed by atoms with van der Waals surface area (Å²) in [5, 5.41) is 0.555. The molecule has 2 heterocycles. The molecule has 3 rings (SSSR count). The van der Waals surface area contributed by atoms with Crippen LogP contribution in [-0.4, -0.2) is 19.5 Å². The number of halogens is 2. The Morgan fingerprint density at radius 2 is 2.00 bits per heavy atom. The molecule has 0 saturated heterocycles. The van der Waals surface area contributed by atoms with Crippen molar-refractivity contribution in [2.24, 2.45) is 0 Å². The number of imidazole rings is 1. The van der Waals surface area contributed by atoms with Gasteiger partial charge in [-0.25, -0.2) is 15.0 Å². The molecule has 0 bridgehead atoms. The molecule has 2 aromatic heterocycles. The van der Waals surface area contributed by atoms with Crippen molar-refractivity contribution in [2.45, 2.75) is 51.5 Å². The molecule has 1 aliphatic carbocycles. The lowest BCUT2D eigenvalue weighted by atomic mass is 10.0. The van der Waals surface area contributed by atoms with Gasteiger partial charge in [0.15, 0.2) is 5.82 Å². The van der Waals surface area contributed by atoms with Crippen LogP contribution in [0.2, 0.25) is 5.15 Å². The Morgan fingerprint density at radius 1 is 1.29 bits per heavy atom. The van der Waals surface area contributed by atoms with Crippen molar-refractivity contribution in [1.82, 2.24) is 19.5 Å². The van der Waals surface area contributed by atoms with E-state index in [1.54, 1.807) is 0 Å². The van der Waals surface area contributed by atoms with Gasteiger partial charge in [0, 0.05) is 12.0 Å². The normalized spacial score (nSPS) is 16.0. The third-order valence-corrected chi connectivity index (χ3v) is 5.69. The van der Waals surface area contributed by atoms with E-state index < -0.39 is 0 Å². The van der Waals surface area contributed by atoms with Gasteiger partial charge >= 0.3 is 0 Å². The zero-order valence-electron chi connectivity index (χ0n) is 12.2. The van der Waals surface area contributed by atoms with E-state index in [1.807, 2.05) is 12.5 Å². The van der Waals surface area contributed by atoms with E-state index in [-0.39, 0.29) is 0 Å². The molecule has 2 aromatic rings. The minimum Gasteiger partial charge on any atom is -0.325 e. The number of rotatable bonds is 3. The molecule has 0 amide bonds. The Labute approximate surface area is 143 Å². The van der Waals surface area contributed by atoms with Crippen molar-refractivity contribution in [3.63, 3.8) is 0 Å². The summed E-state index contributed by atoms with van der Waals surface area (Å²) >= 11 is 8.63. The van der Waals surface area contributed by atoms with Crippen molar-refractivity contribution in [2.75, 3.05) is 0 Å². The molecule has 0 aromatic carbocycles. The van der Waals surface area contributed by atoms with Gasteiger partial charge in [0.1, 0.15) is 10.8 Å². The molecule has 0 aliphatic heterocycles.